The molecule has 126 valence electrons. The first-order valence-electron chi connectivity index (χ1n) is 7.42. The topological polar surface area (TPSA) is 103 Å². The summed E-state index contributed by atoms with van der Waals surface area (Å²) < 4.78 is 0.753. The standard InChI is InChI=1S/C15H20BrN3O4/c1-10-11(2-3-12(16)18-10)17-7-4-15(13(20)21)5-8-19(9-6-15)14(22)23/h2-3,17H,4-9H2,1H3,(H,20,21)(H,22,23). The van der Waals surface area contributed by atoms with Crippen molar-refractivity contribution in [2.24, 2.45) is 5.41 Å². The number of hydrogen-bond acceptors (Lipinski definition) is 4. The average molecular weight is 386 g/mol. The first-order chi connectivity index (χ1) is 10.8. The number of hydrogen-bond donors (Lipinski definition) is 3. The molecule has 1 amide bonds. The number of carboxylic acid groups (broad SMARTS) is 2. The van der Waals surface area contributed by atoms with Crippen LogP contribution in [0.4, 0.5) is 10.5 Å². The monoisotopic (exact) mass is 385 g/mol. The highest BCUT2D eigenvalue weighted by Gasteiger charge is 2.42. The summed E-state index contributed by atoms with van der Waals surface area (Å²) in [6.07, 6.45) is 0.145. The molecule has 0 aliphatic carbocycles. The van der Waals surface area contributed by atoms with Gasteiger partial charge in [-0.25, -0.2) is 9.78 Å². The van der Waals surface area contributed by atoms with Gasteiger partial charge in [0, 0.05) is 19.6 Å². The molecular weight excluding hydrogens is 366 g/mol. The van der Waals surface area contributed by atoms with Crippen LogP contribution >= 0.6 is 15.9 Å². The molecule has 0 radical (unpaired) electrons. The molecule has 23 heavy (non-hydrogen) atoms. The molecule has 7 nitrogen and oxygen atoms in total. The van der Waals surface area contributed by atoms with E-state index in [0.29, 0.717) is 25.8 Å². The maximum Gasteiger partial charge on any atom is 0.407 e. The highest BCUT2D eigenvalue weighted by molar-refractivity contribution is 9.10. The predicted molar refractivity (Wildman–Crippen MR) is 88.7 cm³/mol. The Morgan fingerprint density at radius 1 is 1.35 bits per heavy atom. The van der Waals surface area contributed by atoms with Gasteiger partial charge in [0.15, 0.2) is 0 Å². The van der Waals surface area contributed by atoms with Crippen LogP contribution in [0.2, 0.25) is 0 Å². The number of pyridine rings is 1. The SMILES string of the molecule is Cc1nc(Br)ccc1NCCC1(C(=O)O)CCN(C(=O)O)CC1. The van der Waals surface area contributed by atoms with E-state index in [2.05, 4.69) is 26.2 Å². The molecule has 0 spiro atoms. The number of halogens is 1. The van der Waals surface area contributed by atoms with Gasteiger partial charge in [0.25, 0.3) is 0 Å². The molecule has 0 unspecified atom stereocenters. The molecule has 3 N–H and O–H groups in total. The number of aryl methyl sites for hydroxylation is 1. The Hall–Kier alpha value is -1.83. The third-order valence-electron chi connectivity index (χ3n) is 4.42. The van der Waals surface area contributed by atoms with Gasteiger partial charge in [-0.05, 0) is 54.2 Å². The van der Waals surface area contributed by atoms with E-state index in [4.69, 9.17) is 5.11 Å². The highest BCUT2D eigenvalue weighted by atomic mass is 79.9. The fourth-order valence-corrected chi connectivity index (χ4v) is 3.25. The maximum absolute atomic E-state index is 11.7. The van der Waals surface area contributed by atoms with Gasteiger partial charge in [0.05, 0.1) is 16.8 Å². The molecule has 2 heterocycles. The Labute approximate surface area is 142 Å². The molecule has 1 aromatic heterocycles. The van der Waals surface area contributed by atoms with Crippen molar-refractivity contribution < 1.29 is 19.8 Å². The summed E-state index contributed by atoms with van der Waals surface area (Å²) >= 11 is 3.30. The molecule has 0 bridgehead atoms. The third-order valence-corrected chi connectivity index (χ3v) is 4.86. The summed E-state index contributed by atoms with van der Waals surface area (Å²) in [6, 6.07) is 3.72. The van der Waals surface area contributed by atoms with Crippen LogP contribution in [0.1, 0.15) is 25.0 Å². The largest absolute Gasteiger partial charge is 0.481 e. The maximum atomic E-state index is 11.7. The number of nitrogens with one attached hydrogen (secondary N) is 1. The lowest BCUT2D eigenvalue weighted by atomic mass is 9.75. The Balaban J connectivity index is 1.96. The van der Waals surface area contributed by atoms with E-state index < -0.39 is 17.5 Å². The highest BCUT2D eigenvalue weighted by Crippen LogP contribution is 2.35. The lowest BCUT2D eigenvalue weighted by Crippen LogP contribution is -2.46. The van der Waals surface area contributed by atoms with Crippen molar-refractivity contribution in [3.63, 3.8) is 0 Å². The molecule has 0 saturated carbocycles. The quantitative estimate of drug-likeness (QED) is 0.673. The van der Waals surface area contributed by atoms with Gasteiger partial charge >= 0.3 is 12.1 Å². The molecule has 2 rings (SSSR count). The van der Waals surface area contributed by atoms with E-state index in [0.717, 1.165) is 16.0 Å². The smallest absolute Gasteiger partial charge is 0.407 e. The Bertz CT molecular complexity index is 600. The number of likely N-dealkylation sites (tertiary alicyclic amines) is 1. The van der Waals surface area contributed by atoms with Crippen molar-refractivity contribution in [3.05, 3.63) is 22.4 Å². The molecule has 1 aromatic rings. The van der Waals surface area contributed by atoms with Crippen LogP contribution < -0.4 is 5.32 Å². The van der Waals surface area contributed by atoms with E-state index in [-0.39, 0.29) is 13.1 Å². The van der Waals surface area contributed by atoms with Crippen molar-refractivity contribution in [1.82, 2.24) is 9.88 Å². The van der Waals surface area contributed by atoms with E-state index >= 15 is 0 Å². The van der Waals surface area contributed by atoms with Gasteiger partial charge in [-0.2, -0.15) is 0 Å². The number of carbonyl (C=O) groups is 2. The summed E-state index contributed by atoms with van der Waals surface area (Å²) in [5.74, 6) is -0.852. The second-order valence-corrected chi connectivity index (χ2v) is 6.61. The van der Waals surface area contributed by atoms with Crippen LogP contribution in [0.3, 0.4) is 0 Å². The van der Waals surface area contributed by atoms with Crippen LogP contribution in [0.5, 0.6) is 0 Å². The summed E-state index contributed by atoms with van der Waals surface area (Å²) in [5.41, 5.74) is 0.844. The third kappa shape index (κ3) is 4.13. The van der Waals surface area contributed by atoms with E-state index in [1.807, 2.05) is 19.1 Å². The van der Waals surface area contributed by atoms with Crippen LogP contribution in [0.15, 0.2) is 16.7 Å². The van der Waals surface area contributed by atoms with Gasteiger partial charge in [-0.1, -0.05) is 0 Å². The van der Waals surface area contributed by atoms with Gasteiger partial charge in [0.1, 0.15) is 4.60 Å². The molecule has 8 heteroatoms. The Morgan fingerprint density at radius 3 is 2.52 bits per heavy atom. The van der Waals surface area contributed by atoms with Crippen LogP contribution in [-0.4, -0.2) is 51.8 Å². The van der Waals surface area contributed by atoms with Crippen molar-refractivity contribution in [1.29, 1.82) is 0 Å². The number of piperidine rings is 1. The van der Waals surface area contributed by atoms with Crippen LogP contribution in [-0.2, 0) is 4.79 Å². The zero-order chi connectivity index (χ0) is 17.0. The summed E-state index contributed by atoms with van der Waals surface area (Å²) in [4.78, 5) is 28.2. The van der Waals surface area contributed by atoms with Crippen LogP contribution in [0.25, 0.3) is 0 Å². The Morgan fingerprint density at radius 2 is 2.00 bits per heavy atom. The fraction of sp³-hybridized carbons (Fsp3) is 0.533. The lowest BCUT2D eigenvalue weighted by molar-refractivity contribution is -0.152. The summed E-state index contributed by atoms with van der Waals surface area (Å²) in [5, 5.41) is 21.8. The molecule has 1 saturated heterocycles. The van der Waals surface area contributed by atoms with Gasteiger partial charge in [-0.3, -0.25) is 4.79 Å². The van der Waals surface area contributed by atoms with Crippen molar-refractivity contribution in [3.8, 4) is 0 Å². The molecule has 1 fully saturated rings. The molecule has 1 aliphatic heterocycles. The first-order valence-corrected chi connectivity index (χ1v) is 8.22. The number of anilines is 1. The number of aliphatic carboxylic acids is 1. The van der Waals surface area contributed by atoms with Gasteiger partial charge in [0.2, 0.25) is 0 Å². The zero-order valence-corrected chi connectivity index (χ0v) is 14.5. The predicted octanol–water partition coefficient (Wildman–Crippen LogP) is 2.80. The van der Waals surface area contributed by atoms with E-state index in [9.17, 15) is 14.7 Å². The Kier molecular flexibility index (Phi) is 5.46. The minimum Gasteiger partial charge on any atom is -0.481 e. The lowest BCUT2D eigenvalue weighted by Gasteiger charge is -2.37. The van der Waals surface area contributed by atoms with Crippen LogP contribution in [0, 0.1) is 12.3 Å². The summed E-state index contributed by atoms with van der Waals surface area (Å²) in [6.45, 7) is 2.91. The number of rotatable bonds is 5. The average Bonchev–Trinajstić information content (AvgIpc) is 2.49. The number of aromatic nitrogens is 1. The molecule has 0 aromatic carbocycles. The second-order valence-electron chi connectivity index (χ2n) is 5.80. The molecular formula is C15H20BrN3O4. The molecule has 1 aliphatic rings. The normalized spacial score (nSPS) is 16.9. The molecule has 0 atom stereocenters. The fourth-order valence-electron chi connectivity index (χ4n) is 2.85. The number of carboxylic acids is 1. The van der Waals surface area contributed by atoms with E-state index in [1.165, 1.54) is 4.90 Å². The minimum absolute atomic E-state index is 0.264. The number of nitrogens with zero attached hydrogens (tertiary/aromatic N) is 2. The van der Waals surface area contributed by atoms with E-state index in [1.54, 1.807) is 0 Å². The zero-order valence-electron chi connectivity index (χ0n) is 12.9. The second kappa shape index (κ2) is 7.16. The minimum atomic E-state index is -0.987. The number of amides is 1. The van der Waals surface area contributed by atoms with Gasteiger partial charge < -0.3 is 20.4 Å². The summed E-state index contributed by atoms with van der Waals surface area (Å²) in [7, 11) is 0. The van der Waals surface area contributed by atoms with Crippen molar-refractivity contribution >= 4 is 33.7 Å². The van der Waals surface area contributed by atoms with Crippen molar-refractivity contribution in [2.75, 3.05) is 25.0 Å². The van der Waals surface area contributed by atoms with Gasteiger partial charge in [-0.15, -0.1) is 0 Å². The first kappa shape index (κ1) is 17.5. The van der Waals surface area contributed by atoms with Crippen molar-refractivity contribution in [2.45, 2.75) is 26.2 Å².